The van der Waals surface area contributed by atoms with Crippen molar-refractivity contribution in [3.63, 3.8) is 0 Å². The third-order valence-corrected chi connectivity index (χ3v) is 2.62. The standard InChI is InChI=1S/C13H12N2O2/c1-2-3-4-9-14-10-8-11-6-5-7-12(13(11)14)15(16)17/h5-8,10H,4,9H2,1H3. The molecule has 0 unspecified atom stereocenters. The molecule has 0 aliphatic rings. The minimum atomic E-state index is -0.343. The molecule has 1 aromatic carbocycles. The van der Waals surface area contributed by atoms with Crippen LogP contribution in [0.4, 0.5) is 5.69 Å². The van der Waals surface area contributed by atoms with Crippen molar-refractivity contribution >= 4 is 16.6 Å². The highest BCUT2D eigenvalue weighted by Crippen LogP contribution is 2.26. The number of nitro benzene ring substituents is 1. The van der Waals surface area contributed by atoms with Gasteiger partial charge in [-0.3, -0.25) is 10.1 Å². The van der Waals surface area contributed by atoms with Crippen LogP contribution in [0.1, 0.15) is 13.3 Å². The minimum Gasteiger partial charge on any atom is -0.341 e. The van der Waals surface area contributed by atoms with Gasteiger partial charge in [0.15, 0.2) is 0 Å². The molecule has 0 spiro atoms. The zero-order valence-electron chi connectivity index (χ0n) is 9.51. The number of hydrogen-bond acceptors (Lipinski definition) is 2. The van der Waals surface area contributed by atoms with Crippen LogP contribution in [-0.2, 0) is 6.54 Å². The van der Waals surface area contributed by atoms with Crippen molar-refractivity contribution in [3.05, 3.63) is 40.6 Å². The number of benzene rings is 1. The molecule has 2 rings (SSSR count). The lowest BCUT2D eigenvalue weighted by Crippen LogP contribution is -1.98. The number of para-hydroxylation sites is 1. The molecule has 1 aromatic heterocycles. The fraction of sp³-hybridized carbons (Fsp3) is 0.231. The third-order valence-electron chi connectivity index (χ3n) is 2.62. The topological polar surface area (TPSA) is 48.1 Å². The van der Waals surface area contributed by atoms with Gasteiger partial charge in [0.25, 0.3) is 5.69 Å². The van der Waals surface area contributed by atoms with Gasteiger partial charge in [-0.25, -0.2) is 0 Å². The smallest absolute Gasteiger partial charge is 0.293 e. The maximum atomic E-state index is 11.0. The predicted octanol–water partition coefficient (Wildman–Crippen LogP) is 2.96. The molecule has 0 fully saturated rings. The molecule has 0 saturated carbocycles. The highest BCUT2D eigenvalue weighted by atomic mass is 16.6. The molecule has 86 valence electrons. The normalized spacial score (nSPS) is 9.94. The molecule has 0 amide bonds. The number of nitro groups is 1. The van der Waals surface area contributed by atoms with Gasteiger partial charge < -0.3 is 4.57 Å². The molecule has 1 heterocycles. The molecule has 2 aromatic rings. The number of hydrogen-bond donors (Lipinski definition) is 0. The summed E-state index contributed by atoms with van der Waals surface area (Å²) in [5.74, 6) is 5.78. The number of aryl methyl sites for hydroxylation is 1. The van der Waals surface area contributed by atoms with Gasteiger partial charge in [0.1, 0.15) is 5.52 Å². The number of nitrogens with zero attached hydrogens (tertiary/aromatic N) is 2. The zero-order valence-corrected chi connectivity index (χ0v) is 9.51. The summed E-state index contributed by atoms with van der Waals surface area (Å²) in [5.41, 5.74) is 0.826. The van der Waals surface area contributed by atoms with Gasteiger partial charge in [-0.15, -0.1) is 11.8 Å². The Kier molecular flexibility index (Phi) is 3.10. The molecule has 4 nitrogen and oxygen atoms in total. The monoisotopic (exact) mass is 228 g/mol. The molecule has 0 N–H and O–H groups in total. The summed E-state index contributed by atoms with van der Waals surface area (Å²) in [6.07, 6.45) is 2.57. The molecule has 4 heteroatoms. The highest BCUT2D eigenvalue weighted by molar-refractivity contribution is 5.88. The molecule has 0 atom stereocenters. The maximum absolute atomic E-state index is 11.0. The first kappa shape index (κ1) is 11.2. The lowest BCUT2D eigenvalue weighted by Gasteiger charge is -2.02. The summed E-state index contributed by atoms with van der Waals surface area (Å²) in [5, 5.41) is 11.9. The van der Waals surface area contributed by atoms with Gasteiger partial charge in [0.2, 0.25) is 0 Å². The number of aromatic nitrogens is 1. The second kappa shape index (κ2) is 4.71. The van der Waals surface area contributed by atoms with E-state index in [9.17, 15) is 10.1 Å². The Bertz CT molecular complexity index is 617. The average molecular weight is 228 g/mol. The van der Waals surface area contributed by atoms with Crippen molar-refractivity contribution in [2.24, 2.45) is 0 Å². The van der Waals surface area contributed by atoms with E-state index in [0.29, 0.717) is 18.5 Å². The Hall–Kier alpha value is -2.28. The van der Waals surface area contributed by atoms with Crippen molar-refractivity contribution in [1.29, 1.82) is 0 Å². The molecule has 17 heavy (non-hydrogen) atoms. The quantitative estimate of drug-likeness (QED) is 0.460. The van der Waals surface area contributed by atoms with Gasteiger partial charge in [-0.1, -0.05) is 12.1 Å². The lowest BCUT2D eigenvalue weighted by atomic mass is 10.2. The van der Waals surface area contributed by atoms with Gasteiger partial charge in [0, 0.05) is 30.6 Å². The Balaban J connectivity index is 2.48. The van der Waals surface area contributed by atoms with Crippen LogP contribution in [0.15, 0.2) is 30.5 Å². The van der Waals surface area contributed by atoms with Crippen LogP contribution in [0, 0.1) is 22.0 Å². The first-order valence-electron chi connectivity index (χ1n) is 5.36. The Morgan fingerprint density at radius 1 is 1.41 bits per heavy atom. The van der Waals surface area contributed by atoms with Gasteiger partial charge in [-0.2, -0.15) is 0 Å². The van der Waals surface area contributed by atoms with Crippen LogP contribution >= 0.6 is 0 Å². The lowest BCUT2D eigenvalue weighted by molar-refractivity contribution is -0.383. The summed E-state index contributed by atoms with van der Waals surface area (Å²) < 4.78 is 1.89. The Morgan fingerprint density at radius 2 is 2.24 bits per heavy atom. The fourth-order valence-electron chi connectivity index (χ4n) is 1.88. The van der Waals surface area contributed by atoms with Crippen molar-refractivity contribution in [1.82, 2.24) is 4.57 Å². The number of non-ortho nitro benzene ring substituents is 1. The van der Waals surface area contributed by atoms with Crippen LogP contribution in [0.2, 0.25) is 0 Å². The van der Waals surface area contributed by atoms with Crippen molar-refractivity contribution in [2.75, 3.05) is 0 Å². The van der Waals surface area contributed by atoms with E-state index in [1.807, 2.05) is 22.9 Å². The molecule has 0 radical (unpaired) electrons. The summed E-state index contributed by atoms with van der Waals surface area (Å²) >= 11 is 0. The van der Waals surface area contributed by atoms with Crippen LogP contribution < -0.4 is 0 Å². The predicted molar refractivity (Wildman–Crippen MR) is 66.7 cm³/mol. The van der Waals surface area contributed by atoms with Crippen molar-refractivity contribution in [2.45, 2.75) is 19.9 Å². The molecule has 0 aliphatic heterocycles. The molecular formula is C13H12N2O2. The van der Waals surface area contributed by atoms with E-state index in [-0.39, 0.29) is 10.6 Å². The van der Waals surface area contributed by atoms with E-state index in [0.717, 1.165) is 5.39 Å². The summed E-state index contributed by atoms with van der Waals surface area (Å²) in [4.78, 5) is 10.6. The fourth-order valence-corrected chi connectivity index (χ4v) is 1.88. The number of rotatable bonds is 3. The van der Waals surface area contributed by atoms with E-state index in [4.69, 9.17) is 0 Å². The maximum Gasteiger partial charge on any atom is 0.293 e. The first-order valence-corrected chi connectivity index (χ1v) is 5.36. The summed E-state index contributed by atoms with van der Waals surface area (Å²) in [6.45, 7) is 2.46. The third kappa shape index (κ3) is 2.13. The number of fused-ring (bicyclic) bond motifs is 1. The SMILES string of the molecule is CC#CCCn1ccc2cccc([N+](=O)[O-])c21. The molecule has 0 bridgehead atoms. The van der Waals surface area contributed by atoms with E-state index in [1.165, 1.54) is 6.07 Å². The Morgan fingerprint density at radius 3 is 2.94 bits per heavy atom. The Labute approximate surface area is 99.0 Å². The van der Waals surface area contributed by atoms with E-state index in [1.54, 1.807) is 13.0 Å². The second-order valence-electron chi connectivity index (χ2n) is 3.66. The van der Waals surface area contributed by atoms with Crippen molar-refractivity contribution in [3.8, 4) is 11.8 Å². The second-order valence-corrected chi connectivity index (χ2v) is 3.66. The van der Waals surface area contributed by atoms with E-state index >= 15 is 0 Å². The van der Waals surface area contributed by atoms with Crippen LogP contribution in [0.5, 0.6) is 0 Å². The van der Waals surface area contributed by atoms with Crippen LogP contribution in [0.25, 0.3) is 10.9 Å². The zero-order chi connectivity index (χ0) is 12.3. The largest absolute Gasteiger partial charge is 0.341 e. The van der Waals surface area contributed by atoms with Crippen LogP contribution in [0.3, 0.4) is 0 Å². The van der Waals surface area contributed by atoms with E-state index < -0.39 is 0 Å². The summed E-state index contributed by atoms with van der Waals surface area (Å²) in [6, 6.07) is 7.01. The highest BCUT2D eigenvalue weighted by Gasteiger charge is 2.14. The minimum absolute atomic E-state index is 0.150. The molecule has 0 aliphatic carbocycles. The molecular weight excluding hydrogens is 216 g/mol. The molecule has 0 saturated heterocycles. The van der Waals surface area contributed by atoms with Crippen molar-refractivity contribution < 1.29 is 4.92 Å². The van der Waals surface area contributed by atoms with Gasteiger partial charge >= 0.3 is 0 Å². The van der Waals surface area contributed by atoms with Gasteiger partial charge in [0.05, 0.1) is 4.92 Å². The average Bonchev–Trinajstić information content (AvgIpc) is 2.73. The van der Waals surface area contributed by atoms with Gasteiger partial charge in [-0.05, 0) is 13.0 Å². The van der Waals surface area contributed by atoms with E-state index in [2.05, 4.69) is 11.8 Å². The van der Waals surface area contributed by atoms with Crippen LogP contribution in [-0.4, -0.2) is 9.49 Å². The first-order chi connectivity index (χ1) is 8.24. The summed E-state index contributed by atoms with van der Waals surface area (Å²) in [7, 11) is 0.